The van der Waals surface area contributed by atoms with Crippen LogP contribution in [0.15, 0.2) is 47.0 Å². The minimum Gasteiger partial charge on any atom is -0.396 e. The van der Waals surface area contributed by atoms with Gasteiger partial charge in [-0.3, -0.25) is 4.79 Å². The minimum absolute atomic E-state index is 0.100. The van der Waals surface area contributed by atoms with Gasteiger partial charge >= 0.3 is 0 Å². The van der Waals surface area contributed by atoms with E-state index in [1.165, 1.54) is 11.1 Å². The summed E-state index contributed by atoms with van der Waals surface area (Å²) in [6.45, 7) is 1.42. The lowest BCUT2D eigenvalue weighted by Crippen LogP contribution is -2.31. The summed E-state index contributed by atoms with van der Waals surface area (Å²) in [5.41, 5.74) is 3.91. The zero-order valence-electron chi connectivity index (χ0n) is 16.5. The first-order valence-corrected chi connectivity index (χ1v) is 10.6. The largest absolute Gasteiger partial charge is 0.396 e. The molecule has 30 heavy (non-hydrogen) atoms. The molecule has 1 aliphatic carbocycles. The van der Waals surface area contributed by atoms with Gasteiger partial charge in [0.1, 0.15) is 0 Å². The maximum Gasteiger partial charge on any atom is 0.259 e. The lowest BCUT2D eigenvalue weighted by molar-refractivity contribution is -0.127. The fraction of sp³-hybridized carbons (Fsp3) is 0.348. The highest BCUT2D eigenvalue weighted by molar-refractivity contribution is 6.33. The van der Waals surface area contributed by atoms with Crippen LogP contribution >= 0.6 is 11.6 Å². The molecule has 0 bridgehead atoms. The number of aliphatic hydroxyl groups excluding tert-OH is 1. The fourth-order valence-electron chi connectivity index (χ4n) is 4.86. The van der Waals surface area contributed by atoms with Crippen LogP contribution in [0.4, 0.5) is 0 Å². The molecule has 2 aromatic carbocycles. The zero-order valence-corrected chi connectivity index (χ0v) is 17.2. The third-order valence-electron chi connectivity index (χ3n) is 6.29. The second-order valence-corrected chi connectivity index (χ2v) is 8.49. The Labute approximate surface area is 179 Å². The van der Waals surface area contributed by atoms with Gasteiger partial charge in [-0.1, -0.05) is 47.1 Å². The molecule has 2 aliphatic rings. The van der Waals surface area contributed by atoms with Crippen LogP contribution in [0.25, 0.3) is 22.8 Å². The van der Waals surface area contributed by atoms with Crippen LogP contribution in [0.2, 0.25) is 5.02 Å². The van der Waals surface area contributed by atoms with Crippen LogP contribution in [-0.4, -0.2) is 45.8 Å². The minimum atomic E-state index is -0.160. The molecule has 1 aliphatic heterocycles. The van der Waals surface area contributed by atoms with Gasteiger partial charge in [0.05, 0.1) is 10.6 Å². The van der Waals surface area contributed by atoms with E-state index in [0.29, 0.717) is 48.2 Å². The van der Waals surface area contributed by atoms with Gasteiger partial charge < -0.3 is 14.5 Å². The molecule has 3 aromatic rings. The molecule has 2 heterocycles. The Kier molecular flexibility index (Phi) is 4.83. The molecule has 1 fully saturated rings. The highest BCUT2D eigenvalue weighted by Crippen LogP contribution is 2.48. The van der Waals surface area contributed by atoms with E-state index in [1.807, 2.05) is 35.2 Å². The van der Waals surface area contributed by atoms with Crippen molar-refractivity contribution in [2.24, 2.45) is 0 Å². The number of likely N-dealkylation sites (tertiary alicyclic amines) is 1. The lowest BCUT2D eigenvalue weighted by Gasteiger charge is -2.25. The maximum absolute atomic E-state index is 12.6. The molecule has 1 N–H and O–H groups in total. The summed E-state index contributed by atoms with van der Waals surface area (Å²) in [6, 6.07) is 13.5. The molecule has 0 saturated carbocycles. The van der Waals surface area contributed by atoms with Crippen molar-refractivity contribution in [1.29, 1.82) is 0 Å². The first-order chi connectivity index (χ1) is 14.6. The average molecular weight is 424 g/mol. The maximum atomic E-state index is 12.6. The van der Waals surface area contributed by atoms with E-state index in [2.05, 4.69) is 16.2 Å². The molecule has 154 valence electrons. The SMILES string of the molecule is O=C1CC2(CCc3c(-c4noc(-c5ccccc5Cl)n4)cccc32)CN1CCCO. The van der Waals surface area contributed by atoms with E-state index < -0.39 is 0 Å². The molecular formula is C23H22ClN3O3. The quantitative estimate of drug-likeness (QED) is 0.674. The Hall–Kier alpha value is -2.70. The number of rotatable bonds is 5. The third-order valence-corrected chi connectivity index (χ3v) is 6.62. The van der Waals surface area contributed by atoms with E-state index >= 15 is 0 Å². The topological polar surface area (TPSA) is 79.5 Å². The van der Waals surface area contributed by atoms with Crippen LogP contribution in [0, 0.1) is 0 Å². The molecule has 6 nitrogen and oxygen atoms in total. The van der Waals surface area contributed by atoms with Crippen LogP contribution in [0.5, 0.6) is 0 Å². The van der Waals surface area contributed by atoms with Crippen molar-refractivity contribution in [2.75, 3.05) is 19.7 Å². The normalized spacial score (nSPS) is 20.3. The molecule has 1 spiro atoms. The Bertz CT molecular complexity index is 1110. The zero-order chi connectivity index (χ0) is 20.7. The standard InChI is InChI=1S/C23H22ClN3O3/c24-19-8-2-1-5-17(19)22-25-21(26-30-22)16-6-3-7-18-15(16)9-10-23(18)13-20(29)27(14-23)11-4-12-28/h1-3,5-8,28H,4,9-14H2. The highest BCUT2D eigenvalue weighted by Gasteiger charge is 2.48. The molecule has 7 heteroatoms. The van der Waals surface area contributed by atoms with Crippen molar-refractivity contribution in [1.82, 2.24) is 15.0 Å². The van der Waals surface area contributed by atoms with Crippen molar-refractivity contribution in [3.8, 4) is 22.8 Å². The van der Waals surface area contributed by atoms with Crippen molar-refractivity contribution in [3.63, 3.8) is 0 Å². The predicted octanol–water partition coefficient (Wildman–Crippen LogP) is 3.86. The van der Waals surface area contributed by atoms with Crippen molar-refractivity contribution >= 4 is 17.5 Å². The van der Waals surface area contributed by atoms with Crippen molar-refractivity contribution in [3.05, 3.63) is 58.6 Å². The number of hydrogen-bond donors (Lipinski definition) is 1. The fourth-order valence-corrected chi connectivity index (χ4v) is 5.08. The Balaban J connectivity index is 1.49. The molecule has 1 aromatic heterocycles. The Morgan fingerprint density at radius 3 is 2.83 bits per heavy atom. The summed E-state index contributed by atoms with van der Waals surface area (Å²) in [5, 5.41) is 13.9. The van der Waals surface area contributed by atoms with E-state index in [1.54, 1.807) is 6.07 Å². The molecule has 1 unspecified atom stereocenters. The number of aliphatic hydroxyl groups is 1. The summed E-state index contributed by atoms with van der Waals surface area (Å²) >= 11 is 6.27. The van der Waals surface area contributed by atoms with Gasteiger partial charge in [0, 0.05) is 37.1 Å². The second kappa shape index (κ2) is 7.52. The van der Waals surface area contributed by atoms with Crippen LogP contribution < -0.4 is 0 Å². The number of nitrogens with zero attached hydrogens (tertiary/aromatic N) is 3. The molecule has 0 radical (unpaired) electrons. The first kappa shape index (κ1) is 19.3. The number of amides is 1. The monoisotopic (exact) mass is 423 g/mol. The van der Waals surface area contributed by atoms with Crippen molar-refractivity contribution in [2.45, 2.75) is 31.1 Å². The van der Waals surface area contributed by atoms with Gasteiger partial charge in [0.25, 0.3) is 5.89 Å². The Morgan fingerprint density at radius 1 is 1.17 bits per heavy atom. The summed E-state index contributed by atoms with van der Waals surface area (Å²) < 4.78 is 5.51. The van der Waals surface area contributed by atoms with E-state index in [0.717, 1.165) is 18.4 Å². The van der Waals surface area contributed by atoms with Crippen molar-refractivity contribution < 1.29 is 14.4 Å². The van der Waals surface area contributed by atoms with E-state index in [-0.39, 0.29) is 17.9 Å². The number of aromatic nitrogens is 2. The first-order valence-electron chi connectivity index (χ1n) is 10.2. The van der Waals surface area contributed by atoms with Gasteiger partial charge in [-0.2, -0.15) is 4.98 Å². The average Bonchev–Trinajstić information content (AvgIpc) is 3.45. The number of carbonyl (C=O) groups is 1. The Morgan fingerprint density at radius 2 is 2.00 bits per heavy atom. The van der Waals surface area contributed by atoms with Gasteiger partial charge in [-0.05, 0) is 42.5 Å². The second-order valence-electron chi connectivity index (χ2n) is 8.08. The molecule has 5 rings (SSSR count). The molecular weight excluding hydrogens is 402 g/mol. The molecule has 1 amide bonds. The summed E-state index contributed by atoms with van der Waals surface area (Å²) in [4.78, 5) is 19.1. The van der Waals surface area contributed by atoms with Gasteiger partial charge in [-0.25, -0.2) is 0 Å². The smallest absolute Gasteiger partial charge is 0.259 e. The van der Waals surface area contributed by atoms with E-state index in [9.17, 15) is 4.79 Å². The molecule has 1 atom stereocenters. The number of fused-ring (bicyclic) bond motifs is 2. The third kappa shape index (κ3) is 3.11. The number of benzene rings is 2. The highest BCUT2D eigenvalue weighted by atomic mass is 35.5. The van der Waals surface area contributed by atoms with E-state index in [4.69, 9.17) is 21.2 Å². The van der Waals surface area contributed by atoms with Gasteiger partial charge in [0.15, 0.2) is 0 Å². The summed E-state index contributed by atoms with van der Waals surface area (Å²) in [6.07, 6.45) is 2.94. The van der Waals surface area contributed by atoms with Gasteiger partial charge in [-0.15, -0.1) is 0 Å². The number of hydrogen-bond acceptors (Lipinski definition) is 5. The van der Waals surface area contributed by atoms with Crippen LogP contribution in [0.3, 0.4) is 0 Å². The summed E-state index contributed by atoms with van der Waals surface area (Å²) in [5.74, 6) is 1.11. The number of carbonyl (C=O) groups excluding carboxylic acids is 1. The molecule has 1 saturated heterocycles. The summed E-state index contributed by atoms with van der Waals surface area (Å²) in [7, 11) is 0. The number of halogens is 1. The predicted molar refractivity (Wildman–Crippen MR) is 113 cm³/mol. The van der Waals surface area contributed by atoms with Crippen LogP contribution in [0.1, 0.15) is 30.4 Å². The van der Waals surface area contributed by atoms with Gasteiger partial charge in [0.2, 0.25) is 11.7 Å². The lowest BCUT2D eigenvalue weighted by atomic mass is 9.80. The van der Waals surface area contributed by atoms with Crippen LogP contribution in [-0.2, 0) is 16.6 Å².